The van der Waals surface area contributed by atoms with Gasteiger partial charge in [0, 0.05) is 0 Å². The van der Waals surface area contributed by atoms with Crippen LogP contribution in [0.4, 0.5) is 54.6 Å². The number of hydrogen-bond donors (Lipinski definition) is 0. The average molecular weight is 492 g/mol. The van der Waals surface area contributed by atoms with Crippen molar-refractivity contribution in [2.24, 2.45) is 0 Å². The van der Waals surface area contributed by atoms with E-state index in [1.165, 1.54) is 0 Å². The predicted molar refractivity (Wildman–Crippen MR) is 105 cm³/mol. The van der Waals surface area contributed by atoms with Crippen LogP contribution in [-0.4, -0.2) is 0 Å². The molecule has 188 valence electrons. The molecule has 0 fully saturated rings. The summed E-state index contributed by atoms with van der Waals surface area (Å²) in [6.07, 6.45) is -9.58. The van der Waals surface area contributed by atoms with Crippen LogP contribution in [0.3, 0.4) is 0 Å². The number of alkyl halides is 6. The third-order valence-electron chi connectivity index (χ3n) is 2.89. The highest BCUT2D eigenvalue weighted by molar-refractivity contribution is 5.37. The molecular weight excluding hydrogens is 468 g/mol. The van der Waals surface area contributed by atoms with Gasteiger partial charge in [-0.2, -0.15) is 26.3 Å². The van der Waals surface area contributed by atoms with Gasteiger partial charge in [-0.3, -0.25) is 28.2 Å². The van der Waals surface area contributed by atoms with Gasteiger partial charge >= 0.3 is 12.4 Å². The minimum atomic E-state index is -4.79. The van der Waals surface area contributed by atoms with Gasteiger partial charge in [-0.25, -0.2) is 0 Å². The molecule has 0 aromatic heterocycles. The lowest BCUT2D eigenvalue weighted by atomic mass is 9.85. The van der Waals surface area contributed by atoms with Crippen molar-refractivity contribution in [1.82, 2.24) is 0 Å². The summed E-state index contributed by atoms with van der Waals surface area (Å²) in [5.41, 5.74) is -3.34. The fourth-order valence-corrected chi connectivity index (χ4v) is 1.58. The van der Waals surface area contributed by atoms with Crippen molar-refractivity contribution < 1.29 is 54.6 Å². The van der Waals surface area contributed by atoms with Gasteiger partial charge in [-0.05, 0) is 66.7 Å². The van der Waals surface area contributed by atoms with Crippen molar-refractivity contribution >= 4 is 0 Å². The summed E-state index contributed by atoms with van der Waals surface area (Å²) in [6, 6.07) is 1.65. The van der Waals surface area contributed by atoms with E-state index >= 15 is 0 Å². The summed E-state index contributed by atoms with van der Waals surface area (Å²) < 4.78 is 75.3. The summed E-state index contributed by atoms with van der Waals surface area (Å²) in [6.45, 7) is 8.16. The van der Waals surface area contributed by atoms with E-state index in [0.29, 0.717) is 0 Å². The molecule has 32 heavy (non-hydrogen) atoms. The largest absolute Gasteiger partial charge is 0.416 e. The van der Waals surface area contributed by atoms with E-state index in [-0.39, 0.29) is 39.9 Å². The van der Waals surface area contributed by atoms with Crippen molar-refractivity contribution in [1.29, 1.82) is 0 Å². The van der Waals surface area contributed by atoms with E-state index in [0.717, 1.165) is 12.1 Å². The first-order chi connectivity index (χ1) is 11.7. The smallest absolute Gasteiger partial charge is 0.269 e. The maximum absolute atomic E-state index is 12.6. The molecule has 1 rings (SSSR count). The average Bonchev–Trinajstić information content (AvgIpc) is 2.49. The molecule has 0 unspecified atom stereocenters. The van der Waals surface area contributed by atoms with Gasteiger partial charge in [0.15, 0.2) is 0 Å². The van der Waals surface area contributed by atoms with Crippen LogP contribution < -0.4 is 0 Å². The Kier molecular flexibility index (Phi) is 27.6. The van der Waals surface area contributed by atoms with E-state index in [2.05, 4.69) is 35.5 Å². The minimum Gasteiger partial charge on any atom is -0.269 e. The van der Waals surface area contributed by atoms with E-state index < -0.39 is 28.9 Å². The number of benzene rings is 1. The Morgan fingerprint density at radius 2 is 0.750 bits per heavy atom. The van der Waals surface area contributed by atoms with Crippen molar-refractivity contribution in [3.05, 3.63) is 34.9 Å². The van der Waals surface area contributed by atoms with Crippen LogP contribution in [0.15, 0.2) is 18.2 Å². The molecule has 0 bridgehead atoms. The topological polar surface area (TPSA) is 0 Å². The number of hydrogen-bond acceptors (Lipinski definition) is 0. The first-order valence-electron chi connectivity index (χ1n) is 7.37. The van der Waals surface area contributed by atoms with Crippen LogP contribution in [0.5, 0.6) is 0 Å². The maximum atomic E-state index is 12.6. The van der Waals surface area contributed by atoms with E-state index in [1.807, 2.05) is 0 Å². The van der Waals surface area contributed by atoms with Crippen molar-refractivity contribution in [3.63, 3.8) is 0 Å². The first kappa shape index (κ1) is 47.0. The Balaban J connectivity index is -0.0000000789. The summed E-state index contributed by atoms with van der Waals surface area (Å²) in [5.74, 6) is 15.5. The van der Waals surface area contributed by atoms with Gasteiger partial charge in [-0.1, -0.05) is 32.6 Å². The zero-order chi connectivity index (χ0) is 20.6. The molecule has 0 aliphatic carbocycles. The van der Waals surface area contributed by atoms with Gasteiger partial charge in [-0.15, -0.1) is 0 Å². The molecule has 0 atom stereocenters. The van der Waals surface area contributed by atoms with Crippen LogP contribution in [0.25, 0.3) is 0 Å². The molecule has 0 heterocycles. The highest BCUT2D eigenvalue weighted by atomic mass is 19.4. The maximum Gasteiger partial charge on any atom is 0.416 e. The Morgan fingerprint density at radius 3 is 0.938 bits per heavy atom. The molecule has 0 saturated heterocycles. The Bertz CT molecular complexity index is 693. The zero-order valence-corrected chi connectivity index (χ0v) is 17.4. The highest BCUT2D eigenvalue weighted by Gasteiger charge is 2.37. The Morgan fingerprint density at radius 1 is 0.500 bits per heavy atom. The van der Waals surface area contributed by atoms with Crippen LogP contribution in [-0.2, 0) is 17.8 Å². The van der Waals surface area contributed by atoms with Crippen molar-refractivity contribution in [2.75, 3.05) is 0 Å². The summed E-state index contributed by atoms with van der Waals surface area (Å²) in [5, 5.41) is 0. The first-order valence-corrected chi connectivity index (χ1v) is 7.37. The van der Waals surface area contributed by atoms with Crippen LogP contribution in [0.1, 0.15) is 51.3 Å². The van der Waals surface area contributed by atoms with E-state index in [9.17, 15) is 26.3 Å². The summed E-state index contributed by atoms with van der Waals surface area (Å²) in [7, 11) is 0. The van der Waals surface area contributed by atoms with Gasteiger partial charge in [0.25, 0.3) is 0 Å². The summed E-state index contributed by atoms with van der Waals surface area (Å²) >= 11 is 0. The second-order valence-electron chi connectivity index (χ2n) is 6.04. The molecule has 0 aliphatic rings. The van der Waals surface area contributed by atoms with Gasteiger partial charge < -0.3 is 0 Å². The molecule has 12 heteroatoms. The lowest BCUT2D eigenvalue weighted by Crippen LogP contribution is -2.17. The second-order valence-corrected chi connectivity index (χ2v) is 6.04. The quantitative estimate of drug-likeness (QED) is 0.271. The second kappa shape index (κ2) is 18.8. The third kappa shape index (κ3) is 17.9. The third-order valence-corrected chi connectivity index (χ3v) is 2.89. The monoisotopic (exact) mass is 492 g/mol. The van der Waals surface area contributed by atoms with Crippen LogP contribution in [0.2, 0.25) is 0 Å². The molecule has 0 aliphatic heterocycles. The van der Waals surface area contributed by atoms with Crippen LogP contribution in [0, 0.1) is 35.5 Å². The normalized spacial score (nSPS) is 8.72. The van der Waals surface area contributed by atoms with Crippen molar-refractivity contribution in [3.8, 4) is 35.5 Å². The van der Waals surface area contributed by atoms with Gasteiger partial charge in [0.1, 0.15) is 0 Å². The number of halogens is 12. The fraction of sp³-hybridized carbons (Fsp3) is 0.400. The standard InChI is InChI=1S/C12H12F6.C8H6.6FH/c1-10(2,3)7-4-8(11(13,14)15)6-9(5-7)12(16,17)18;1-3-5-7-8-6-4-2;;;;;;/h4-6H,1-3H3;1-2H3;6*1H. The summed E-state index contributed by atoms with van der Waals surface area (Å²) in [4.78, 5) is 0. The Hall–Kier alpha value is -2.94. The molecule has 0 nitrogen and oxygen atoms in total. The molecule has 0 N–H and O–H groups in total. The zero-order valence-electron chi connectivity index (χ0n) is 17.4. The van der Waals surface area contributed by atoms with Crippen LogP contribution >= 0.6 is 0 Å². The fourth-order valence-electron chi connectivity index (χ4n) is 1.58. The molecule has 0 radical (unpaired) electrons. The molecule has 0 saturated carbocycles. The van der Waals surface area contributed by atoms with Gasteiger partial charge in [0.2, 0.25) is 0 Å². The SMILES string of the molecule is CC#CC#CC#CC.CC(C)(C)c1cc(C(F)(F)F)cc(C(F)(F)F)c1.F.F.F.F.F.F. The molecule has 1 aromatic carbocycles. The predicted octanol–water partition coefficient (Wildman–Crippen LogP) is 6.97. The highest BCUT2D eigenvalue weighted by Crippen LogP contribution is 2.38. The number of rotatable bonds is 0. The Labute approximate surface area is 178 Å². The van der Waals surface area contributed by atoms with E-state index in [4.69, 9.17) is 0 Å². The lowest BCUT2D eigenvalue weighted by Gasteiger charge is -2.22. The molecule has 1 aromatic rings. The lowest BCUT2D eigenvalue weighted by molar-refractivity contribution is -0.143. The molecular formula is C20H24F12. The molecule has 0 spiro atoms. The molecule has 0 amide bonds. The van der Waals surface area contributed by atoms with E-state index in [1.54, 1.807) is 34.6 Å². The minimum absolute atomic E-state index is 0. The van der Waals surface area contributed by atoms with Gasteiger partial charge in [0.05, 0.1) is 11.1 Å². The van der Waals surface area contributed by atoms with Crippen molar-refractivity contribution in [2.45, 2.75) is 52.4 Å².